The molecule has 0 saturated carbocycles. The molecule has 7 rings (SSSR count). The van der Waals surface area contributed by atoms with E-state index in [1.54, 1.807) is 24.3 Å². The molecule has 4 aromatic carbocycles. The molecule has 0 radical (unpaired) electrons. The van der Waals surface area contributed by atoms with Crippen LogP contribution in [-0.4, -0.2) is 24.1 Å². The molecular formula is C31H24O4. The molecule has 0 aromatic heterocycles. The molecule has 35 heavy (non-hydrogen) atoms. The molecule has 3 aliphatic rings. The van der Waals surface area contributed by atoms with Gasteiger partial charge in [-0.1, -0.05) is 78.9 Å². The highest BCUT2D eigenvalue weighted by molar-refractivity contribution is 5.90. The van der Waals surface area contributed by atoms with Crippen LogP contribution in [0.5, 0.6) is 0 Å². The minimum Gasteiger partial charge on any atom is -0.454 e. The molecule has 172 valence electrons. The molecule has 4 nitrogen and oxygen atoms in total. The molecule has 0 saturated heterocycles. The van der Waals surface area contributed by atoms with Crippen LogP contribution in [0.1, 0.15) is 60.4 Å². The third-order valence-corrected chi connectivity index (χ3v) is 7.16. The number of hydrogen-bond acceptors (Lipinski definition) is 4. The highest BCUT2D eigenvalue weighted by atomic mass is 16.6. The SMILES string of the molecule is Cc1cccc2c1[C@H]1c3ccccc3[C@H]2[C@@H](OC(=O)c2ccccc2)[C@H]1OC(=O)c1ccccc1. The summed E-state index contributed by atoms with van der Waals surface area (Å²) in [4.78, 5) is 26.5. The van der Waals surface area contributed by atoms with Crippen molar-refractivity contribution in [1.29, 1.82) is 0 Å². The van der Waals surface area contributed by atoms with Crippen LogP contribution in [0.15, 0.2) is 103 Å². The van der Waals surface area contributed by atoms with E-state index in [2.05, 4.69) is 31.2 Å². The lowest BCUT2D eigenvalue weighted by molar-refractivity contribution is -0.0558. The average Bonchev–Trinajstić information content (AvgIpc) is 2.91. The maximum Gasteiger partial charge on any atom is 0.338 e. The van der Waals surface area contributed by atoms with Gasteiger partial charge in [0.15, 0.2) is 12.2 Å². The molecule has 4 atom stereocenters. The third kappa shape index (κ3) is 3.53. The molecule has 3 aliphatic carbocycles. The molecule has 4 heteroatoms. The van der Waals surface area contributed by atoms with E-state index in [-0.39, 0.29) is 11.8 Å². The monoisotopic (exact) mass is 460 g/mol. The van der Waals surface area contributed by atoms with E-state index >= 15 is 0 Å². The predicted octanol–water partition coefficient (Wildman–Crippen LogP) is 6.04. The summed E-state index contributed by atoms with van der Waals surface area (Å²) in [5.74, 6) is -1.30. The Hall–Kier alpha value is -4.18. The van der Waals surface area contributed by atoms with Crippen LogP contribution in [0.4, 0.5) is 0 Å². The zero-order chi connectivity index (χ0) is 23.9. The molecule has 0 fully saturated rings. The van der Waals surface area contributed by atoms with E-state index in [0.29, 0.717) is 11.1 Å². The van der Waals surface area contributed by atoms with E-state index < -0.39 is 24.1 Å². The summed E-state index contributed by atoms with van der Waals surface area (Å²) in [6, 6.07) is 32.4. The molecule has 0 heterocycles. The minimum absolute atomic E-state index is 0.228. The van der Waals surface area contributed by atoms with E-state index in [4.69, 9.17) is 9.47 Å². The van der Waals surface area contributed by atoms with Crippen molar-refractivity contribution in [2.24, 2.45) is 0 Å². The predicted molar refractivity (Wildman–Crippen MR) is 133 cm³/mol. The van der Waals surface area contributed by atoms with Gasteiger partial charge in [-0.25, -0.2) is 9.59 Å². The minimum atomic E-state index is -0.649. The van der Waals surface area contributed by atoms with Crippen molar-refractivity contribution in [1.82, 2.24) is 0 Å². The summed E-state index contributed by atoms with van der Waals surface area (Å²) in [5, 5.41) is 0. The number of esters is 2. The zero-order valence-corrected chi connectivity index (χ0v) is 19.3. The highest BCUT2D eigenvalue weighted by Gasteiger charge is 2.54. The first kappa shape index (κ1) is 21.4. The van der Waals surface area contributed by atoms with Gasteiger partial charge in [-0.05, 0) is 59.0 Å². The largest absolute Gasteiger partial charge is 0.454 e. The van der Waals surface area contributed by atoms with E-state index in [1.807, 2.05) is 54.6 Å². The average molecular weight is 461 g/mol. The molecule has 0 spiro atoms. The Morgan fingerprint density at radius 3 is 1.57 bits per heavy atom. The number of carbonyl (C=O) groups excluding carboxylic acids is 2. The van der Waals surface area contributed by atoms with E-state index in [0.717, 1.165) is 27.8 Å². The topological polar surface area (TPSA) is 52.6 Å². The fraction of sp³-hybridized carbons (Fsp3) is 0.161. The summed E-state index contributed by atoms with van der Waals surface area (Å²) in [7, 11) is 0. The second-order valence-electron chi connectivity index (χ2n) is 9.13. The summed E-state index contributed by atoms with van der Waals surface area (Å²) < 4.78 is 12.4. The van der Waals surface area contributed by atoms with E-state index in [9.17, 15) is 9.59 Å². The Labute approximate surface area is 204 Å². The van der Waals surface area contributed by atoms with Gasteiger partial charge >= 0.3 is 11.9 Å². The summed E-state index contributed by atoms with van der Waals surface area (Å²) in [6.45, 7) is 2.09. The van der Waals surface area contributed by atoms with Gasteiger partial charge < -0.3 is 9.47 Å². The Bertz CT molecular complexity index is 1410. The van der Waals surface area contributed by atoms with Crippen molar-refractivity contribution in [2.45, 2.75) is 31.0 Å². The standard InChI is InChI=1S/C31H24O4/c1-19-11-10-18-24-25(19)27-23-17-9-8-16-22(23)26(24)28(34-30(32)20-12-4-2-5-13-20)29(27)35-31(33)21-14-6-3-7-15-21/h2-18,26-29H,1H3/t26-,27-,28-,29+/m1/s1. The van der Waals surface area contributed by atoms with Gasteiger partial charge in [0.2, 0.25) is 0 Å². The number of carbonyl (C=O) groups is 2. The van der Waals surface area contributed by atoms with Crippen molar-refractivity contribution < 1.29 is 19.1 Å². The van der Waals surface area contributed by atoms with Gasteiger partial charge in [0.1, 0.15) is 0 Å². The molecule has 0 aliphatic heterocycles. The fourth-order valence-electron chi connectivity index (χ4n) is 5.68. The maximum atomic E-state index is 13.2. The molecule has 0 unspecified atom stereocenters. The van der Waals surface area contributed by atoms with Crippen molar-refractivity contribution in [2.75, 3.05) is 0 Å². The number of benzene rings is 4. The van der Waals surface area contributed by atoms with Crippen molar-refractivity contribution in [3.63, 3.8) is 0 Å². The number of ether oxygens (including phenoxy) is 2. The summed E-state index contributed by atoms with van der Waals surface area (Å²) >= 11 is 0. The van der Waals surface area contributed by atoms with Gasteiger partial charge in [0, 0.05) is 0 Å². The summed E-state index contributed by atoms with van der Waals surface area (Å²) in [5.41, 5.74) is 6.62. The first-order chi connectivity index (χ1) is 17.1. The Balaban J connectivity index is 1.48. The molecule has 4 aromatic rings. The normalized spacial score (nSPS) is 21.5. The first-order valence-corrected chi connectivity index (χ1v) is 11.8. The first-order valence-electron chi connectivity index (χ1n) is 11.8. The van der Waals surface area contributed by atoms with Crippen LogP contribution in [-0.2, 0) is 9.47 Å². The number of fused-ring (bicyclic) bond motifs is 1. The van der Waals surface area contributed by atoms with Crippen molar-refractivity contribution in [3.05, 3.63) is 142 Å². The van der Waals surface area contributed by atoms with E-state index in [1.165, 1.54) is 0 Å². The van der Waals surface area contributed by atoms with Gasteiger partial charge in [-0.3, -0.25) is 0 Å². The van der Waals surface area contributed by atoms with Gasteiger partial charge in [0.05, 0.1) is 23.0 Å². The van der Waals surface area contributed by atoms with Crippen molar-refractivity contribution >= 4 is 11.9 Å². The smallest absolute Gasteiger partial charge is 0.338 e. The second-order valence-corrected chi connectivity index (χ2v) is 9.13. The number of hydrogen-bond donors (Lipinski definition) is 0. The quantitative estimate of drug-likeness (QED) is 0.349. The van der Waals surface area contributed by atoms with Crippen LogP contribution in [0, 0.1) is 6.92 Å². The Morgan fingerprint density at radius 1 is 0.543 bits per heavy atom. The van der Waals surface area contributed by atoms with Crippen LogP contribution in [0.25, 0.3) is 0 Å². The van der Waals surface area contributed by atoms with Crippen LogP contribution >= 0.6 is 0 Å². The second kappa shape index (κ2) is 8.55. The van der Waals surface area contributed by atoms with Gasteiger partial charge in [-0.2, -0.15) is 0 Å². The zero-order valence-electron chi connectivity index (χ0n) is 19.3. The molecule has 0 N–H and O–H groups in total. The lowest BCUT2D eigenvalue weighted by Crippen LogP contribution is -2.51. The highest BCUT2D eigenvalue weighted by Crippen LogP contribution is 2.55. The van der Waals surface area contributed by atoms with Crippen LogP contribution in [0.3, 0.4) is 0 Å². The number of rotatable bonds is 4. The lowest BCUT2D eigenvalue weighted by atomic mass is 9.60. The van der Waals surface area contributed by atoms with Gasteiger partial charge in [-0.15, -0.1) is 0 Å². The lowest BCUT2D eigenvalue weighted by Gasteiger charge is -2.49. The Kier molecular flexibility index (Phi) is 5.22. The molecule has 0 amide bonds. The molecule has 2 bridgehead atoms. The van der Waals surface area contributed by atoms with Gasteiger partial charge in [0.25, 0.3) is 0 Å². The van der Waals surface area contributed by atoms with Crippen LogP contribution in [0.2, 0.25) is 0 Å². The molecular weight excluding hydrogens is 436 g/mol. The fourth-order valence-corrected chi connectivity index (χ4v) is 5.68. The maximum absolute atomic E-state index is 13.2. The van der Waals surface area contributed by atoms with Crippen molar-refractivity contribution in [3.8, 4) is 0 Å². The summed E-state index contributed by atoms with van der Waals surface area (Å²) in [6.07, 6.45) is -1.30. The third-order valence-electron chi connectivity index (χ3n) is 7.16. The van der Waals surface area contributed by atoms with Crippen LogP contribution < -0.4 is 0 Å². The number of aryl methyl sites for hydroxylation is 1. The Morgan fingerprint density at radius 2 is 1.00 bits per heavy atom.